The summed E-state index contributed by atoms with van der Waals surface area (Å²) in [4.78, 5) is 27.0. The Morgan fingerprint density at radius 2 is 1.49 bits per heavy atom. The first-order valence-corrected chi connectivity index (χ1v) is 16.5. The van der Waals surface area contributed by atoms with Crippen LogP contribution in [0.4, 0.5) is 0 Å². The molecule has 224 valence electrons. The van der Waals surface area contributed by atoms with E-state index in [0.29, 0.717) is 28.3 Å². The average Bonchev–Trinajstić information content (AvgIpc) is 3.52. The highest BCUT2D eigenvalue weighted by molar-refractivity contribution is 7.99. The van der Waals surface area contributed by atoms with Crippen LogP contribution in [0.5, 0.6) is 11.5 Å². The lowest BCUT2D eigenvalue weighted by Crippen LogP contribution is -2.46. The number of hydrogen-bond acceptors (Lipinski definition) is 8. The van der Waals surface area contributed by atoms with Crippen LogP contribution in [0.2, 0.25) is 0 Å². The molecule has 41 heavy (non-hydrogen) atoms. The molecule has 2 aliphatic heterocycles. The van der Waals surface area contributed by atoms with E-state index in [1.165, 1.54) is 95.9 Å². The number of nitrogens with zero attached hydrogens (tertiary/aromatic N) is 4. The monoisotopic (exact) mass is 581 g/mol. The molecule has 2 aromatic rings. The summed E-state index contributed by atoms with van der Waals surface area (Å²) in [6.07, 6.45) is 14.5. The fourth-order valence-electron chi connectivity index (χ4n) is 6.87. The normalized spacial score (nSPS) is 22.5. The van der Waals surface area contributed by atoms with Crippen molar-refractivity contribution in [2.75, 3.05) is 65.8 Å². The van der Waals surface area contributed by atoms with Gasteiger partial charge in [0.25, 0.3) is 0 Å². The lowest BCUT2D eigenvalue weighted by molar-refractivity contribution is -0.118. The molecule has 2 saturated heterocycles. The van der Waals surface area contributed by atoms with E-state index >= 15 is 0 Å². The van der Waals surface area contributed by atoms with Crippen LogP contribution in [0.1, 0.15) is 51.4 Å². The molecular formula is C32H47N5O3S. The van der Waals surface area contributed by atoms with Crippen molar-refractivity contribution in [3.8, 4) is 22.6 Å². The van der Waals surface area contributed by atoms with E-state index in [1.807, 2.05) is 18.2 Å². The second-order valence-electron chi connectivity index (χ2n) is 12.1. The number of aromatic nitrogens is 2. The minimum Gasteiger partial charge on any atom is -0.493 e. The number of carbonyl (C=O) groups is 1. The number of carbonyl (C=O) groups excluding carboxylic acids is 1. The van der Waals surface area contributed by atoms with Crippen LogP contribution in [-0.4, -0.2) is 91.5 Å². The molecular weight excluding hydrogens is 534 g/mol. The van der Waals surface area contributed by atoms with Crippen molar-refractivity contribution in [3.05, 3.63) is 30.6 Å². The molecule has 0 radical (unpaired) electrons. The number of piperidine rings is 2. The first kappa shape index (κ1) is 30.1. The maximum Gasteiger partial charge on any atom is 0.230 e. The molecule has 5 rings (SSSR count). The van der Waals surface area contributed by atoms with Crippen LogP contribution in [0.3, 0.4) is 0 Å². The van der Waals surface area contributed by atoms with E-state index in [1.54, 1.807) is 26.6 Å². The Bertz CT molecular complexity index is 1110. The standard InChI is InChI=1S/C32H47N5O3S/c1-39-29-12-11-27(15-30(29)40-2)28-17-34-32(35-18-28)41-23-31(38)33-16-25-9-5-13-37(20-25)22-26-10-6-14-36(21-26)19-24-7-3-4-8-24/h11-12,15,17-18,24-26H,3-10,13-14,16,19-23H2,1-2H3,(H,33,38). The molecule has 1 amide bonds. The van der Waals surface area contributed by atoms with E-state index in [9.17, 15) is 4.79 Å². The Kier molecular flexibility index (Phi) is 11.2. The Labute approximate surface area is 250 Å². The van der Waals surface area contributed by atoms with Gasteiger partial charge in [0, 0.05) is 50.7 Å². The SMILES string of the molecule is COc1ccc(-c2cnc(SCC(=O)NCC3CCCN(CC4CCCN(CC5CCCC5)C4)C3)nc2)cc1OC. The Balaban J connectivity index is 1.01. The van der Waals surface area contributed by atoms with Gasteiger partial charge in [0.1, 0.15) is 0 Å². The lowest BCUT2D eigenvalue weighted by Gasteiger charge is -2.39. The smallest absolute Gasteiger partial charge is 0.230 e. The third-order valence-corrected chi connectivity index (χ3v) is 9.85. The fraction of sp³-hybridized carbons (Fsp3) is 0.656. The molecule has 8 nitrogen and oxygen atoms in total. The van der Waals surface area contributed by atoms with Gasteiger partial charge in [-0.2, -0.15) is 0 Å². The van der Waals surface area contributed by atoms with Crippen LogP contribution >= 0.6 is 11.8 Å². The molecule has 1 saturated carbocycles. The summed E-state index contributed by atoms with van der Waals surface area (Å²) < 4.78 is 10.7. The summed E-state index contributed by atoms with van der Waals surface area (Å²) in [6, 6.07) is 5.73. The Morgan fingerprint density at radius 1 is 0.854 bits per heavy atom. The van der Waals surface area contributed by atoms with Gasteiger partial charge in [0.2, 0.25) is 5.91 Å². The van der Waals surface area contributed by atoms with Gasteiger partial charge in [0.15, 0.2) is 16.7 Å². The second kappa shape index (κ2) is 15.2. The number of nitrogens with one attached hydrogen (secondary N) is 1. The third-order valence-electron chi connectivity index (χ3n) is 8.98. The van der Waals surface area contributed by atoms with E-state index in [2.05, 4.69) is 25.1 Å². The maximum atomic E-state index is 12.6. The molecule has 0 bridgehead atoms. The van der Waals surface area contributed by atoms with Gasteiger partial charge in [0.05, 0.1) is 20.0 Å². The number of benzene rings is 1. The number of methoxy groups -OCH3 is 2. The highest BCUT2D eigenvalue weighted by Gasteiger charge is 2.27. The van der Waals surface area contributed by atoms with Gasteiger partial charge >= 0.3 is 0 Å². The molecule has 3 aliphatic rings. The van der Waals surface area contributed by atoms with Crippen LogP contribution in [0, 0.1) is 17.8 Å². The fourth-order valence-corrected chi connectivity index (χ4v) is 7.48. The predicted molar refractivity (Wildman–Crippen MR) is 165 cm³/mol. The number of rotatable bonds is 12. The summed E-state index contributed by atoms with van der Waals surface area (Å²) in [5, 5.41) is 3.78. The molecule has 3 heterocycles. The zero-order valence-electron chi connectivity index (χ0n) is 24.9. The molecule has 0 spiro atoms. The van der Waals surface area contributed by atoms with Crippen LogP contribution in [0.25, 0.3) is 11.1 Å². The first-order chi connectivity index (χ1) is 20.1. The van der Waals surface area contributed by atoms with Crippen molar-refractivity contribution in [3.63, 3.8) is 0 Å². The lowest BCUT2D eigenvalue weighted by atomic mass is 9.93. The molecule has 9 heteroatoms. The van der Waals surface area contributed by atoms with E-state index in [-0.39, 0.29) is 5.91 Å². The molecule has 2 unspecified atom stereocenters. The van der Waals surface area contributed by atoms with Crippen LogP contribution < -0.4 is 14.8 Å². The van der Waals surface area contributed by atoms with Crippen molar-refractivity contribution in [2.45, 2.75) is 56.5 Å². The van der Waals surface area contributed by atoms with Crippen LogP contribution in [-0.2, 0) is 4.79 Å². The summed E-state index contributed by atoms with van der Waals surface area (Å²) in [5.41, 5.74) is 1.83. The zero-order valence-corrected chi connectivity index (χ0v) is 25.7. The van der Waals surface area contributed by atoms with Crippen molar-refractivity contribution >= 4 is 17.7 Å². The second-order valence-corrected chi connectivity index (χ2v) is 13.0. The van der Waals surface area contributed by atoms with Gasteiger partial charge in [-0.25, -0.2) is 9.97 Å². The summed E-state index contributed by atoms with van der Waals surface area (Å²) in [5.74, 6) is 4.00. The van der Waals surface area contributed by atoms with Crippen molar-refractivity contribution < 1.29 is 14.3 Å². The molecule has 1 aromatic carbocycles. The molecule has 3 fully saturated rings. The molecule has 1 aromatic heterocycles. The van der Waals surface area contributed by atoms with E-state index in [4.69, 9.17) is 9.47 Å². The highest BCUT2D eigenvalue weighted by Crippen LogP contribution is 2.32. The maximum absolute atomic E-state index is 12.6. The number of hydrogen-bond donors (Lipinski definition) is 1. The zero-order chi connectivity index (χ0) is 28.4. The van der Waals surface area contributed by atoms with Gasteiger partial charge in [-0.15, -0.1) is 0 Å². The minimum absolute atomic E-state index is 0.0505. The molecule has 1 N–H and O–H groups in total. The van der Waals surface area contributed by atoms with E-state index in [0.717, 1.165) is 36.1 Å². The van der Waals surface area contributed by atoms with E-state index < -0.39 is 0 Å². The van der Waals surface area contributed by atoms with Gasteiger partial charge in [-0.3, -0.25) is 4.79 Å². The van der Waals surface area contributed by atoms with Gasteiger partial charge in [-0.1, -0.05) is 30.7 Å². The third kappa shape index (κ3) is 8.82. The predicted octanol–water partition coefficient (Wildman–Crippen LogP) is 4.98. The number of likely N-dealkylation sites (tertiary alicyclic amines) is 2. The van der Waals surface area contributed by atoms with Crippen molar-refractivity contribution in [2.24, 2.45) is 17.8 Å². The quantitative estimate of drug-likeness (QED) is 0.278. The van der Waals surface area contributed by atoms with Crippen LogP contribution in [0.15, 0.2) is 35.7 Å². The van der Waals surface area contributed by atoms with Gasteiger partial charge < -0.3 is 24.6 Å². The van der Waals surface area contributed by atoms with Crippen molar-refractivity contribution in [1.82, 2.24) is 25.1 Å². The van der Waals surface area contributed by atoms with Crippen molar-refractivity contribution in [1.29, 1.82) is 0 Å². The number of thioether (sulfide) groups is 1. The molecule has 2 atom stereocenters. The Hall–Kier alpha value is -2.36. The molecule has 1 aliphatic carbocycles. The minimum atomic E-state index is 0.0505. The number of amides is 1. The average molecular weight is 582 g/mol. The largest absolute Gasteiger partial charge is 0.493 e. The number of ether oxygens (including phenoxy) is 2. The first-order valence-electron chi connectivity index (χ1n) is 15.5. The summed E-state index contributed by atoms with van der Waals surface area (Å²) in [6.45, 7) is 8.20. The Morgan fingerprint density at radius 3 is 2.20 bits per heavy atom. The highest BCUT2D eigenvalue weighted by atomic mass is 32.2. The summed E-state index contributed by atoms with van der Waals surface area (Å²) in [7, 11) is 3.24. The summed E-state index contributed by atoms with van der Waals surface area (Å²) >= 11 is 1.37. The topological polar surface area (TPSA) is 79.8 Å². The van der Waals surface area contributed by atoms with Gasteiger partial charge in [-0.05, 0) is 87.1 Å².